The molecule has 3 rings (SSSR count). The van der Waals surface area contributed by atoms with Crippen molar-refractivity contribution in [2.24, 2.45) is 5.92 Å². The molecule has 1 saturated carbocycles. The van der Waals surface area contributed by atoms with Crippen molar-refractivity contribution >= 4 is 5.82 Å². The van der Waals surface area contributed by atoms with Gasteiger partial charge in [0.1, 0.15) is 11.9 Å². The molecule has 2 aliphatic carbocycles. The molecule has 3 nitrogen and oxygen atoms in total. The highest BCUT2D eigenvalue weighted by molar-refractivity contribution is 5.54. The Balaban J connectivity index is 1.80. The Morgan fingerprint density at radius 2 is 2.11 bits per heavy atom. The molecule has 2 aliphatic rings. The van der Waals surface area contributed by atoms with Crippen molar-refractivity contribution in [2.45, 2.75) is 44.9 Å². The maximum Gasteiger partial charge on any atom is 0.144 e. The maximum absolute atomic E-state index is 9.23. The van der Waals surface area contributed by atoms with E-state index in [0.717, 1.165) is 36.7 Å². The molecular formula is C15H19N3. The molecule has 0 amide bonds. The highest BCUT2D eigenvalue weighted by Crippen LogP contribution is 2.28. The van der Waals surface area contributed by atoms with Crippen LogP contribution in [0, 0.1) is 17.2 Å². The zero-order valence-electron chi connectivity index (χ0n) is 10.7. The number of fused-ring (bicyclic) bond motifs is 1. The third kappa shape index (κ3) is 2.20. The van der Waals surface area contributed by atoms with Crippen molar-refractivity contribution in [1.29, 1.82) is 5.26 Å². The van der Waals surface area contributed by atoms with Crippen molar-refractivity contribution in [1.82, 2.24) is 4.98 Å². The van der Waals surface area contributed by atoms with E-state index in [-0.39, 0.29) is 0 Å². The van der Waals surface area contributed by atoms with Gasteiger partial charge in [0.2, 0.25) is 0 Å². The monoisotopic (exact) mass is 241 g/mol. The number of pyridine rings is 1. The quantitative estimate of drug-likeness (QED) is 0.884. The average Bonchev–Trinajstić information content (AvgIpc) is 2.36. The van der Waals surface area contributed by atoms with Gasteiger partial charge in [0.05, 0.1) is 5.56 Å². The van der Waals surface area contributed by atoms with Gasteiger partial charge < -0.3 is 5.32 Å². The molecule has 0 unspecified atom stereocenters. The molecule has 0 bridgehead atoms. The SMILES string of the molecule is N#Cc1cc2c(nc1NCC1CCC1)CCCC2. The van der Waals surface area contributed by atoms with Crippen LogP contribution >= 0.6 is 0 Å². The Bertz CT molecular complexity index is 483. The molecule has 1 fully saturated rings. The Kier molecular flexibility index (Phi) is 3.19. The molecule has 94 valence electrons. The van der Waals surface area contributed by atoms with Gasteiger partial charge >= 0.3 is 0 Å². The van der Waals surface area contributed by atoms with Crippen molar-refractivity contribution in [3.8, 4) is 6.07 Å². The number of nitriles is 1. The van der Waals surface area contributed by atoms with Crippen LogP contribution in [0.3, 0.4) is 0 Å². The lowest BCUT2D eigenvalue weighted by atomic mass is 9.85. The normalized spacial score (nSPS) is 18.6. The molecule has 0 atom stereocenters. The van der Waals surface area contributed by atoms with E-state index < -0.39 is 0 Å². The van der Waals surface area contributed by atoms with Crippen LogP contribution in [0.5, 0.6) is 0 Å². The van der Waals surface area contributed by atoms with Gasteiger partial charge in [-0.25, -0.2) is 4.98 Å². The van der Waals surface area contributed by atoms with Crippen LogP contribution in [-0.2, 0) is 12.8 Å². The third-order valence-corrected chi connectivity index (χ3v) is 4.20. The van der Waals surface area contributed by atoms with Gasteiger partial charge in [-0.05, 0) is 56.1 Å². The number of rotatable bonds is 3. The summed E-state index contributed by atoms with van der Waals surface area (Å²) in [6, 6.07) is 4.33. The highest BCUT2D eigenvalue weighted by atomic mass is 15.0. The number of anilines is 1. The van der Waals surface area contributed by atoms with Crippen molar-refractivity contribution in [2.75, 3.05) is 11.9 Å². The summed E-state index contributed by atoms with van der Waals surface area (Å²) in [6.07, 6.45) is 8.61. The van der Waals surface area contributed by atoms with Crippen LogP contribution in [0.25, 0.3) is 0 Å². The van der Waals surface area contributed by atoms with E-state index in [1.165, 1.54) is 43.4 Å². The summed E-state index contributed by atoms with van der Waals surface area (Å²) >= 11 is 0. The fraction of sp³-hybridized carbons (Fsp3) is 0.600. The van der Waals surface area contributed by atoms with Crippen LogP contribution in [0.2, 0.25) is 0 Å². The number of aromatic nitrogens is 1. The minimum atomic E-state index is 0.718. The van der Waals surface area contributed by atoms with E-state index in [2.05, 4.69) is 16.4 Å². The summed E-state index contributed by atoms with van der Waals surface area (Å²) < 4.78 is 0. The first kappa shape index (κ1) is 11.5. The molecule has 0 aromatic carbocycles. The minimum absolute atomic E-state index is 0.718. The second kappa shape index (κ2) is 4.97. The zero-order valence-corrected chi connectivity index (χ0v) is 10.7. The molecule has 1 N–H and O–H groups in total. The van der Waals surface area contributed by atoms with Gasteiger partial charge in [0, 0.05) is 12.2 Å². The summed E-state index contributed by atoms with van der Waals surface area (Å²) in [5, 5.41) is 12.6. The van der Waals surface area contributed by atoms with E-state index in [9.17, 15) is 5.26 Å². The summed E-state index contributed by atoms with van der Waals surface area (Å²) in [5.74, 6) is 1.60. The fourth-order valence-electron chi connectivity index (χ4n) is 2.79. The molecular weight excluding hydrogens is 222 g/mol. The van der Waals surface area contributed by atoms with Crippen LogP contribution in [0.4, 0.5) is 5.82 Å². The van der Waals surface area contributed by atoms with Gasteiger partial charge in [-0.15, -0.1) is 0 Å². The van der Waals surface area contributed by atoms with E-state index in [4.69, 9.17) is 0 Å². The number of nitrogens with one attached hydrogen (secondary N) is 1. The predicted molar refractivity (Wildman–Crippen MR) is 71.4 cm³/mol. The second-order valence-corrected chi connectivity index (χ2v) is 5.49. The van der Waals surface area contributed by atoms with Gasteiger partial charge in [-0.2, -0.15) is 5.26 Å². The summed E-state index contributed by atoms with van der Waals surface area (Å²) in [7, 11) is 0. The van der Waals surface area contributed by atoms with Crippen molar-refractivity contribution in [3.63, 3.8) is 0 Å². The second-order valence-electron chi connectivity index (χ2n) is 5.49. The zero-order chi connectivity index (χ0) is 12.4. The Morgan fingerprint density at radius 1 is 1.28 bits per heavy atom. The van der Waals surface area contributed by atoms with E-state index in [0.29, 0.717) is 0 Å². The first-order valence-electron chi connectivity index (χ1n) is 7.03. The summed E-state index contributed by atoms with van der Waals surface area (Å²) in [4.78, 5) is 4.68. The first-order valence-corrected chi connectivity index (χ1v) is 7.03. The van der Waals surface area contributed by atoms with Gasteiger partial charge in [-0.3, -0.25) is 0 Å². The molecule has 1 aromatic rings. The number of hydrogen-bond acceptors (Lipinski definition) is 3. The van der Waals surface area contributed by atoms with E-state index in [1.807, 2.05) is 6.07 Å². The van der Waals surface area contributed by atoms with E-state index in [1.54, 1.807) is 0 Å². The lowest BCUT2D eigenvalue weighted by Gasteiger charge is -2.26. The molecule has 0 radical (unpaired) electrons. The summed E-state index contributed by atoms with van der Waals surface area (Å²) in [5.41, 5.74) is 3.21. The van der Waals surface area contributed by atoms with Crippen LogP contribution in [0.15, 0.2) is 6.07 Å². The Labute approximate surface area is 108 Å². The molecule has 18 heavy (non-hydrogen) atoms. The smallest absolute Gasteiger partial charge is 0.144 e. The molecule has 3 heteroatoms. The molecule has 0 spiro atoms. The first-order chi connectivity index (χ1) is 8.86. The lowest BCUT2D eigenvalue weighted by molar-refractivity contribution is 0.333. The van der Waals surface area contributed by atoms with Crippen molar-refractivity contribution in [3.05, 3.63) is 22.9 Å². The summed E-state index contributed by atoms with van der Waals surface area (Å²) in [6.45, 7) is 0.973. The van der Waals surface area contributed by atoms with Crippen LogP contribution in [0.1, 0.15) is 48.9 Å². The standard InChI is InChI=1S/C15H19N3/c16-9-13-8-12-6-1-2-7-14(12)18-15(13)17-10-11-4-3-5-11/h8,11H,1-7,10H2,(H,17,18). The fourth-order valence-corrected chi connectivity index (χ4v) is 2.79. The number of aryl methyl sites for hydroxylation is 2. The molecule has 1 aromatic heterocycles. The Morgan fingerprint density at radius 3 is 2.83 bits per heavy atom. The highest BCUT2D eigenvalue weighted by Gasteiger charge is 2.19. The van der Waals surface area contributed by atoms with Crippen LogP contribution in [-0.4, -0.2) is 11.5 Å². The predicted octanol–water partition coefficient (Wildman–Crippen LogP) is 3.04. The topological polar surface area (TPSA) is 48.7 Å². The van der Waals surface area contributed by atoms with Crippen LogP contribution < -0.4 is 5.32 Å². The molecule has 0 saturated heterocycles. The van der Waals surface area contributed by atoms with Gasteiger partial charge in [0.25, 0.3) is 0 Å². The molecule has 1 heterocycles. The average molecular weight is 241 g/mol. The van der Waals surface area contributed by atoms with Gasteiger partial charge in [0.15, 0.2) is 0 Å². The van der Waals surface area contributed by atoms with Crippen molar-refractivity contribution < 1.29 is 0 Å². The maximum atomic E-state index is 9.23. The number of nitrogens with zero attached hydrogens (tertiary/aromatic N) is 2. The van der Waals surface area contributed by atoms with Gasteiger partial charge in [-0.1, -0.05) is 6.42 Å². The minimum Gasteiger partial charge on any atom is -0.369 e. The Hall–Kier alpha value is -1.56. The largest absolute Gasteiger partial charge is 0.369 e. The lowest BCUT2D eigenvalue weighted by Crippen LogP contribution is -2.22. The number of hydrogen-bond donors (Lipinski definition) is 1. The third-order valence-electron chi connectivity index (χ3n) is 4.20. The van der Waals surface area contributed by atoms with E-state index >= 15 is 0 Å². The molecule has 0 aliphatic heterocycles.